The number of allylic oxidation sites excluding steroid dienone is 7. The van der Waals surface area contributed by atoms with Crippen molar-refractivity contribution in [2.45, 2.75) is 6.42 Å². The molecule has 0 bridgehead atoms. The highest BCUT2D eigenvalue weighted by Crippen LogP contribution is 2.28. The van der Waals surface area contributed by atoms with Crippen LogP contribution >= 0.6 is 0 Å². The number of carbonyl (C=O) groups is 1. The van der Waals surface area contributed by atoms with Gasteiger partial charge in [0.15, 0.2) is 0 Å². The Morgan fingerprint density at radius 2 is 2.07 bits per heavy atom. The van der Waals surface area contributed by atoms with Crippen LogP contribution in [0, 0.1) is 0 Å². The second-order valence-electron chi connectivity index (χ2n) is 7.44. The van der Waals surface area contributed by atoms with Crippen LogP contribution < -0.4 is 5.32 Å². The molecule has 0 fully saturated rings. The van der Waals surface area contributed by atoms with Crippen LogP contribution in [-0.2, 0) is 11.8 Å². The largest absolute Gasteiger partial charge is 0.313 e. The first-order chi connectivity index (χ1) is 14.2. The molecular weight excluding hydrogens is 360 g/mol. The zero-order chi connectivity index (χ0) is 19.8. The summed E-state index contributed by atoms with van der Waals surface area (Å²) in [6.45, 7) is 1.85. The Bertz CT molecular complexity index is 1190. The summed E-state index contributed by atoms with van der Waals surface area (Å²) in [5.74, 6) is -0.0433. The van der Waals surface area contributed by atoms with Crippen LogP contribution in [0.4, 0.5) is 0 Å². The van der Waals surface area contributed by atoms with E-state index in [9.17, 15) is 4.79 Å². The maximum absolute atomic E-state index is 13.1. The van der Waals surface area contributed by atoms with E-state index < -0.39 is 0 Å². The molecular formula is C24H22N4O. The van der Waals surface area contributed by atoms with Gasteiger partial charge in [0.2, 0.25) is 0 Å². The lowest BCUT2D eigenvalue weighted by atomic mass is 9.97. The summed E-state index contributed by atoms with van der Waals surface area (Å²) in [6, 6.07) is 6.09. The molecule has 5 heteroatoms. The molecule has 1 N–H and O–H groups in total. The Balaban J connectivity index is 1.51. The van der Waals surface area contributed by atoms with E-state index in [4.69, 9.17) is 0 Å². The second kappa shape index (κ2) is 7.18. The van der Waals surface area contributed by atoms with E-state index in [0.717, 1.165) is 52.8 Å². The van der Waals surface area contributed by atoms with Crippen molar-refractivity contribution in [3.63, 3.8) is 0 Å². The molecule has 0 unspecified atom stereocenters. The molecule has 0 radical (unpaired) electrons. The van der Waals surface area contributed by atoms with Gasteiger partial charge in [-0.2, -0.15) is 5.10 Å². The number of fused-ring (bicyclic) bond motifs is 2. The van der Waals surface area contributed by atoms with Crippen LogP contribution in [0.3, 0.4) is 0 Å². The fourth-order valence-corrected chi connectivity index (χ4v) is 3.92. The normalized spacial score (nSPS) is 23.9. The summed E-state index contributed by atoms with van der Waals surface area (Å²) in [7, 11) is 1.91. The van der Waals surface area contributed by atoms with Gasteiger partial charge in [-0.25, -0.2) is 0 Å². The Morgan fingerprint density at radius 1 is 1.14 bits per heavy atom. The van der Waals surface area contributed by atoms with Gasteiger partial charge >= 0.3 is 0 Å². The molecule has 1 amide bonds. The van der Waals surface area contributed by atoms with Crippen LogP contribution in [0.25, 0.3) is 16.5 Å². The Morgan fingerprint density at radius 3 is 2.93 bits per heavy atom. The van der Waals surface area contributed by atoms with E-state index in [1.54, 1.807) is 15.7 Å². The summed E-state index contributed by atoms with van der Waals surface area (Å²) in [5.41, 5.74) is 6.11. The van der Waals surface area contributed by atoms with Crippen LogP contribution in [0.2, 0.25) is 0 Å². The Kier molecular flexibility index (Phi) is 4.37. The summed E-state index contributed by atoms with van der Waals surface area (Å²) < 4.78 is 1.80. The van der Waals surface area contributed by atoms with Crippen molar-refractivity contribution in [3.8, 4) is 0 Å². The molecule has 1 aromatic carbocycles. The summed E-state index contributed by atoms with van der Waals surface area (Å²) >= 11 is 0. The smallest absolute Gasteiger partial charge is 0.255 e. The average molecular weight is 382 g/mol. The lowest BCUT2D eigenvalue weighted by Crippen LogP contribution is -2.27. The standard InChI is InChI=1S/C24H22N4O/c1-27-15-21-13-19(6-8-23(21)26-27)18-3-2-4-22-7-5-20(16-28(22)24(29)14-18)17-9-11-25-12-10-17/h2-9,13-16,25H,10-12H2,1H3/b3-2+,18-14+,22-4+. The van der Waals surface area contributed by atoms with E-state index in [2.05, 4.69) is 28.6 Å². The predicted molar refractivity (Wildman–Crippen MR) is 116 cm³/mol. The van der Waals surface area contributed by atoms with Gasteiger partial charge in [-0.15, -0.1) is 0 Å². The van der Waals surface area contributed by atoms with Crippen molar-refractivity contribution in [1.82, 2.24) is 20.0 Å². The lowest BCUT2D eigenvalue weighted by molar-refractivity contribution is -0.122. The number of rotatable bonds is 2. The predicted octanol–water partition coefficient (Wildman–Crippen LogP) is 3.61. The molecule has 0 aliphatic carbocycles. The number of nitrogens with zero attached hydrogens (tertiary/aromatic N) is 3. The van der Waals surface area contributed by atoms with Gasteiger partial charge in [0, 0.05) is 43.1 Å². The van der Waals surface area contributed by atoms with Crippen LogP contribution in [0.5, 0.6) is 0 Å². The summed E-state index contributed by atoms with van der Waals surface area (Å²) in [6.07, 6.45) is 18.9. The number of amides is 1. The van der Waals surface area contributed by atoms with Gasteiger partial charge in [-0.3, -0.25) is 14.4 Å². The van der Waals surface area contributed by atoms with Gasteiger partial charge < -0.3 is 5.32 Å². The van der Waals surface area contributed by atoms with Crippen LogP contribution in [0.15, 0.2) is 90.0 Å². The van der Waals surface area contributed by atoms with Crippen molar-refractivity contribution in [2.75, 3.05) is 13.1 Å². The fourth-order valence-electron chi connectivity index (χ4n) is 3.92. The van der Waals surface area contributed by atoms with E-state index in [-0.39, 0.29) is 5.91 Å². The molecule has 144 valence electrons. The Hall–Kier alpha value is -3.44. The Labute approximate surface area is 169 Å². The SMILES string of the molecule is Cn1cc2cc(C3=C\C(=O)N4C=C(C5=CCNCC5)C=C\C4=C/C=C/3)ccc2n1. The molecule has 4 heterocycles. The first kappa shape index (κ1) is 17.6. The maximum Gasteiger partial charge on any atom is 0.255 e. The first-order valence-electron chi connectivity index (χ1n) is 9.84. The quantitative estimate of drug-likeness (QED) is 0.863. The number of aryl methyl sites for hydroxylation is 1. The van der Waals surface area contributed by atoms with Gasteiger partial charge in [-0.05, 0) is 59.5 Å². The zero-order valence-electron chi connectivity index (χ0n) is 16.3. The van der Waals surface area contributed by atoms with Crippen molar-refractivity contribution in [1.29, 1.82) is 0 Å². The van der Waals surface area contributed by atoms with E-state index in [1.165, 1.54) is 5.57 Å². The molecule has 3 aliphatic heterocycles. The minimum absolute atomic E-state index is 0.0433. The number of hydrogen-bond acceptors (Lipinski definition) is 3. The first-order valence-corrected chi connectivity index (χ1v) is 9.84. The average Bonchev–Trinajstić information content (AvgIpc) is 3.11. The fraction of sp³-hybridized carbons (Fsp3) is 0.167. The highest BCUT2D eigenvalue weighted by molar-refractivity contribution is 6.00. The van der Waals surface area contributed by atoms with Crippen LogP contribution in [-0.4, -0.2) is 33.7 Å². The number of aromatic nitrogens is 2. The molecule has 2 aromatic rings. The number of carbonyl (C=O) groups excluding carboxylic acids is 1. The molecule has 3 aliphatic rings. The number of hydrogen-bond donors (Lipinski definition) is 1. The van der Waals surface area contributed by atoms with Crippen LogP contribution in [0.1, 0.15) is 12.0 Å². The summed E-state index contributed by atoms with van der Waals surface area (Å²) in [4.78, 5) is 14.9. The van der Waals surface area contributed by atoms with Crippen molar-refractivity contribution in [2.24, 2.45) is 7.05 Å². The maximum atomic E-state index is 13.1. The molecule has 5 rings (SSSR count). The van der Waals surface area contributed by atoms with E-state index >= 15 is 0 Å². The number of benzene rings is 1. The van der Waals surface area contributed by atoms with Crippen molar-refractivity contribution < 1.29 is 4.79 Å². The van der Waals surface area contributed by atoms with Gasteiger partial charge in [0.1, 0.15) is 0 Å². The topological polar surface area (TPSA) is 50.2 Å². The van der Waals surface area contributed by atoms with E-state index in [1.807, 2.05) is 55.9 Å². The lowest BCUT2D eigenvalue weighted by Gasteiger charge is -2.26. The molecule has 5 nitrogen and oxygen atoms in total. The minimum atomic E-state index is -0.0433. The van der Waals surface area contributed by atoms with Crippen molar-refractivity contribution in [3.05, 3.63) is 95.5 Å². The van der Waals surface area contributed by atoms with E-state index in [0.29, 0.717) is 0 Å². The molecule has 0 atom stereocenters. The third-order valence-electron chi connectivity index (χ3n) is 5.43. The molecule has 0 spiro atoms. The highest BCUT2D eigenvalue weighted by Gasteiger charge is 2.20. The third-order valence-corrected chi connectivity index (χ3v) is 5.43. The van der Waals surface area contributed by atoms with Gasteiger partial charge in [0.05, 0.1) is 5.52 Å². The minimum Gasteiger partial charge on any atom is -0.313 e. The van der Waals surface area contributed by atoms with Gasteiger partial charge in [-0.1, -0.05) is 30.4 Å². The molecule has 1 aromatic heterocycles. The monoisotopic (exact) mass is 382 g/mol. The summed E-state index contributed by atoms with van der Waals surface area (Å²) in [5, 5.41) is 8.82. The third kappa shape index (κ3) is 3.41. The van der Waals surface area contributed by atoms with Crippen molar-refractivity contribution >= 4 is 22.4 Å². The molecule has 29 heavy (non-hydrogen) atoms. The second-order valence-corrected chi connectivity index (χ2v) is 7.44. The number of nitrogens with one attached hydrogen (secondary N) is 1. The molecule has 0 saturated carbocycles. The highest BCUT2D eigenvalue weighted by atomic mass is 16.2. The molecule has 0 saturated heterocycles. The van der Waals surface area contributed by atoms with Gasteiger partial charge in [0.25, 0.3) is 5.91 Å². The zero-order valence-corrected chi connectivity index (χ0v) is 16.3.